The summed E-state index contributed by atoms with van der Waals surface area (Å²) in [6, 6.07) is 5.48. The zero-order valence-electron chi connectivity index (χ0n) is 16.0. The maximum absolute atomic E-state index is 12.4. The van der Waals surface area contributed by atoms with E-state index >= 15 is 0 Å². The number of thiophene rings is 1. The summed E-state index contributed by atoms with van der Waals surface area (Å²) in [5.74, 6) is 0.419. The largest absolute Gasteiger partial charge is 0.495 e. The number of benzene rings is 1. The molecule has 8 heteroatoms. The number of hydrogen-bond donors (Lipinski definition) is 2. The Bertz CT molecular complexity index is 833. The Morgan fingerprint density at radius 3 is 2.71 bits per heavy atom. The number of aryl methyl sites for hydroxylation is 1. The minimum absolute atomic E-state index is 0.0253. The Morgan fingerprint density at radius 1 is 1.32 bits per heavy atom. The van der Waals surface area contributed by atoms with Gasteiger partial charge in [0, 0.05) is 41.2 Å². The van der Waals surface area contributed by atoms with Gasteiger partial charge in [0.15, 0.2) is 0 Å². The number of ether oxygens (including phenoxy) is 1. The molecular weight excluding hydrogens is 398 g/mol. The maximum atomic E-state index is 12.4. The Hall–Kier alpha value is -2.09. The van der Waals surface area contributed by atoms with E-state index in [9.17, 15) is 9.59 Å². The van der Waals surface area contributed by atoms with Crippen molar-refractivity contribution in [1.82, 2.24) is 10.2 Å². The molecule has 150 valence electrons. The van der Waals surface area contributed by atoms with Crippen LogP contribution in [0.1, 0.15) is 28.8 Å². The van der Waals surface area contributed by atoms with Crippen LogP contribution in [0.3, 0.4) is 0 Å². The van der Waals surface area contributed by atoms with Gasteiger partial charge in [-0.3, -0.25) is 14.5 Å². The lowest BCUT2D eigenvalue weighted by Gasteiger charge is -2.31. The van der Waals surface area contributed by atoms with Crippen LogP contribution < -0.4 is 15.4 Å². The molecule has 0 radical (unpaired) electrons. The monoisotopic (exact) mass is 421 g/mol. The molecule has 0 bridgehead atoms. The number of halogens is 1. The highest BCUT2D eigenvalue weighted by Gasteiger charge is 2.23. The Balaban J connectivity index is 1.48. The summed E-state index contributed by atoms with van der Waals surface area (Å²) < 4.78 is 5.30. The molecule has 2 amide bonds. The van der Waals surface area contributed by atoms with Crippen LogP contribution in [-0.4, -0.2) is 49.5 Å². The fourth-order valence-corrected chi connectivity index (χ4v) is 4.01. The van der Waals surface area contributed by atoms with E-state index in [1.165, 1.54) is 11.3 Å². The minimum atomic E-state index is -0.0965. The number of methoxy groups -OCH3 is 1. The number of likely N-dealkylation sites (tertiary alicyclic amines) is 1. The van der Waals surface area contributed by atoms with Crippen molar-refractivity contribution in [3.8, 4) is 5.75 Å². The van der Waals surface area contributed by atoms with Gasteiger partial charge < -0.3 is 15.4 Å². The van der Waals surface area contributed by atoms with Crippen molar-refractivity contribution in [3.05, 3.63) is 45.1 Å². The molecule has 1 saturated heterocycles. The predicted molar refractivity (Wildman–Crippen MR) is 113 cm³/mol. The van der Waals surface area contributed by atoms with E-state index in [0.29, 0.717) is 28.6 Å². The molecule has 0 aliphatic carbocycles. The second-order valence-corrected chi connectivity index (χ2v) is 8.07. The molecule has 1 aromatic carbocycles. The molecule has 2 heterocycles. The molecule has 0 saturated carbocycles. The molecule has 2 aromatic rings. The predicted octanol–water partition coefficient (Wildman–Crippen LogP) is 3.55. The SMILES string of the molecule is COc1cc(Cl)c(C)cc1NC(=O)CN1CCC(NC(=O)c2ccsc2)CC1. The van der Waals surface area contributed by atoms with Crippen LogP contribution in [0, 0.1) is 6.92 Å². The molecule has 1 fully saturated rings. The summed E-state index contributed by atoms with van der Waals surface area (Å²) in [5.41, 5.74) is 2.20. The van der Waals surface area contributed by atoms with Crippen molar-refractivity contribution in [2.45, 2.75) is 25.8 Å². The maximum Gasteiger partial charge on any atom is 0.252 e. The standard InChI is InChI=1S/C20H24ClN3O3S/c1-13-9-17(18(27-2)10-16(13)21)23-19(25)11-24-6-3-15(4-7-24)22-20(26)14-5-8-28-12-14/h5,8-10,12,15H,3-4,6-7,11H2,1-2H3,(H,22,26)(H,23,25). The molecular formula is C20H24ClN3O3S. The molecule has 0 spiro atoms. The molecule has 0 atom stereocenters. The number of nitrogens with zero attached hydrogens (tertiary/aromatic N) is 1. The van der Waals surface area contributed by atoms with Crippen LogP contribution in [0.15, 0.2) is 29.0 Å². The van der Waals surface area contributed by atoms with Gasteiger partial charge >= 0.3 is 0 Å². The summed E-state index contributed by atoms with van der Waals surface area (Å²) in [5, 5.41) is 10.3. The van der Waals surface area contributed by atoms with Gasteiger partial charge in [-0.15, -0.1) is 0 Å². The quantitative estimate of drug-likeness (QED) is 0.748. The van der Waals surface area contributed by atoms with Crippen LogP contribution in [-0.2, 0) is 4.79 Å². The van der Waals surface area contributed by atoms with Crippen LogP contribution in [0.2, 0.25) is 5.02 Å². The number of carbonyl (C=O) groups excluding carboxylic acids is 2. The summed E-state index contributed by atoms with van der Waals surface area (Å²) in [6.07, 6.45) is 1.65. The Labute approximate surface area is 173 Å². The van der Waals surface area contributed by atoms with E-state index in [1.807, 2.05) is 29.8 Å². The Kier molecular flexibility index (Phi) is 6.93. The summed E-state index contributed by atoms with van der Waals surface area (Å²) in [4.78, 5) is 26.7. The van der Waals surface area contributed by atoms with Crippen LogP contribution in [0.5, 0.6) is 5.75 Å². The van der Waals surface area contributed by atoms with E-state index in [-0.39, 0.29) is 17.9 Å². The highest BCUT2D eigenvalue weighted by molar-refractivity contribution is 7.08. The average molecular weight is 422 g/mol. The van der Waals surface area contributed by atoms with E-state index in [4.69, 9.17) is 16.3 Å². The third-order valence-electron chi connectivity index (χ3n) is 4.83. The van der Waals surface area contributed by atoms with Crippen molar-refractivity contribution in [2.24, 2.45) is 0 Å². The van der Waals surface area contributed by atoms with Gasteiger partial charge in [-0.05, 0) is 42.8 Å². The van der Waals surface area contributed by atoms with Gasteiger partial charge in [0.2, 0.25) is 5.91 Å². The van der Waals surface area contributed by atoms with Gasteiger partial charge in [-0.2, -0.15) is 11.3 Å². The number of piperidine rings is 1. The average Bonchev–Trinajstić information content (AvgIpc) is 3.21. The van der Waals surface area contributed by atoms with Crippen molar-refractivity contribution in [3.63, 3.8) is 0 Å². The molecule has 1 aliphatic heterocycles. The first-order valence-corrected chi connectivity index (χ1v) is 10.5. The fraction of sp³-hybridized carbons (Fsp3) is 0.400. The molecule has 1 aliphatic rings. The molecule has 1 aromatic heterocycles. The topological polar surface area (TPSA) is 70.7 Å². The Morgan fingerprint density at radius 2 is 2.07 bits per heavy atom. The number of nitrogens with one attached hydrogen (secondary N) is 2. The molecule has 3 rings (SSSR count). The van der Waals surface area contributed by atoms with Gasteiger partial charge in [-0.1, -0.05) is 11.6 Å². The van der Waals surface area contributed by atoms with Crippen LogP contribution in [0.25, 0.3) is 0 Å². The highest BCUT2D eigenvalue weighted by Crippen LogP contribution is 2.30. The minimum Gasteiger partial charge on any atom is -0.495 e. The molecule has 0 unspecified atom stereocenters. The zero-order chi connectivity index (χ0) is 20.1. The second-order valence-electron chi connectivity index (χ2n) is 6.89. The van der Waals surface area contributed by atoms with E-state index in [0.717, 1.165) is 31.5 Å². The van der Waals surface area contributed by atoms with E-state index in [2.05, 4.69) is 15.5 Å². The summed E-state index contributed by atoms with van der Waals surface area (Å²) in [6.45, 7) is 3.71. The number of carbonyl (C=O) groups is 2. The van der Waals surface area contributed by atoms with E-state index in [1.54, 1.807) is 13.2 Å². The highest BCUT2D eigenvalue weighted by atomic mass is 35.5. The first kappa shape index (κ1) is 20.6. The number of rotatable bonds is 6. The van der Waals surface area contributed by atoms with Gasteiger partial charge in [0.1, 0.15) is 5.75 Å². The smallest absolute Gasteiger partial charge is 0.252 e. The summed E-state index contributed by atoms with van der Waals surface area (Å²) in [7, 11) is 1.55. The van der Waals surface area contributed by atoms with Crippen molar-refractivity contribution in [2.75, 3.05) is 32.1 Å². The van der Waals surface area contributed by atoms with Gasteiger partial charge in [0.25, 0.3) is 5.91 Å². The first-order chi connectivity index (χ1) is 13.5. The first-order valence-electron chi connectivity index (χ1n) is 9.15. The zero-order valence-corrected chi connectivity index (χ0v) is 17.5. The normalized spacial score (nSPS) is 15.2. The number of amides is 2. The fourth-order valence-electron chi connectivity index (χ4n) is 3.22. The van der Waals surface area contributed by atoms with E-state index < -0.39 is 0 Å². The molecule has 6 nitrogen and oxygen atoms in total. The summed E-state index contributed by atoms with van der Waals surface area (Å²) >= 11 is 7.62. The number of hydrogen-bond acceptors (Lipinski definition) is 5. The third-order valence-corrected chi connectivity index (χ3v) is 5.92. The van der Waals surface area contributed by atoms with Crippen molar-refractivity contribution >= 4 is 40.4 Å². The van der Waals surface area contributed by atoms with Gasteiger partial charge in [0.05, 0.1) is 19.3 Å². The van der Waals surface area contributed by atoms with Crippen molar-refractivity contribution < 1.29 is 14.3 Å². The number of anilines is 1. The van der Waals surface area contributed by atoms with Crippen LogP contribution >= 0.6 is 22.9 Å². The second kappa shape index (κ2) is 9.41. The van der Waals surface area contributed by atoms with Gasteiger partial charge in [-0.25, -0.2) is 0 Å². The molecule has 28 heavy (non-hydrogen) atoms. The molecule has 2 N–H and O–H groups in total. The lowest BCUT2D eigenvalue weighted by Crippen LogP contribution is -2.46. The lowest BCUT2D eigenvalue weighted by molar-refractivity contribution is -0.117. The third kappa shape index (κ3) is 5.25. The lowest BCUT2D eigenvalue weighted by atomic mass is 10.0. The van der Waals surface area contributed by atoms with Crippen LogP contribution in [0.4, 0.5) is 5.69 Å². The van der Waals surface area contributed by atoms with Crippen molar-refractivity contribution in [1.29, 1.82) is 0 Å².